The van der Waals surface area contributed by atoms with E-state index in [9.17, 15) is 14.4 Å². The molecule has 0 aliphatic carbocycles. The Morgan fingerprint density at radius 1 is 1.25 bits per heavy atom. The Kier molecular flexibility index (Phi) is 6.13. The first-order valence-corrected chi connectivity index (χ1v) is 9.35. The van der Waals surface area contributed by atoms with Gasteiger partial charge < -0.3 is 19.7 Å². The van der Waals surface area contributed by atoms with Crippen molar-refractivity contribution in [3.8, 4) is 0 Å². The van der Waals surface area contributed by atoms with Crippen molar-refractivity contribution in [3.63, 3.8) is 0 Å². The average Bonchev–Trinajstić information content (AvgIpc) is 3.27. The zero-order valence-corrected chi connectivity index (χ0v) is 15.8. The van der Waals surface area contributed by atoms with Crippen molar-refractivity contribution in [2.75, 3.05) is 13.1 Å². The van der Waals surface area contributed by atoms with E-state index in [0.717, 1.165) is 5.56 Å². The number of carboxylic acids is 1. The van der Waals surface area contributed by atoms with Crippen LogP contribution in [0.2, 0.25) is 0 Å². The predicted molar refractivity (Wildman–Crippen MR) is 102 cm³/mol. The first kappa shape index (κ1) is 19.7. The molecule has 1 unspecified atom stereocenters. The Morgan fingerprint density at radius 3 is 2.71 bits per heavy atom. The topological polar surface area (TPSA) is 99.8 Å². The van der Waals surface area contributed by atoms with Gasteiger partial charge in [0.15, 0.2) is 0 Å². The summed E-state index contributed by atoms with van der Waals surface area (Å²) in [5, 5.41) is 11.9. The van der Waals surface area contributed by atoms with Crippen LogP contribution in [-0.4, -0.2) is 46.9 Å². The second kappa shape index (κ2) is 8.73. The molecule has 1 aromatic carbocycles. The lowest BCUT2D eigenvalue weighted by atomic mass is 10.1. The van der Waals surface area contributed by atoms with Gasteiger partial charge in [0, 0.05) is 31.1 Å². The van der Waals surface area contributed by atoms with E-state index in [-0.39, 0.29) is 35.6 Å². The van der Waals surface area contributed by atoms with Crippen LogP contribution in [0.25, 0.3) is 0 Å². The first-order chi connectivity index (χ1) is 13.4. The molecule has 2 heterocycles. The van der Waals surface area contributed by atoms with Crippen molar-refractivity contribution in [2.45, 2.75) is 38.6 Å². The van der Waals surface area contributed by atoms with Crippen LogP contribution >= 0.6 is 0 Å². The molecule has 1 aliphatic rings. The van der Waals surface area contributed by atoms with Gasteiger partial charge in [-0.15, -0.1) is 0 Å². The number of likely N-dealkylation sites (tertiary alicyclic amines) is 1. The Bertz CT molecular complexity index is 859. The molecule has 1 aromatic heterocycles. The molecule has 7 nitrogen and oxygen atoms in total. The SMILES string of the molecule is Cc1coc(CC(=O)O)c1C(=O)NC1CCN(C(=O)CCc2ccccc2)C1. The van der Waals surface area contributed by atoms with Gasteiger partial charge in [0.05, 0.1) is 11.8 Å². The minimum absolute atomic E-state index is 0.0756. The molecule has 0 radical (unpaired) electrons. The van der Waals surface area contributed by atoms with Crippen LogP contribution in [0.15, 0.2) is 41.0 Å². The van der Waals surface area contributed by atoms with Crippen molar-refractivity contribution in [1.82, 2.24) is 10.2 Å². The van der Waals surface area contributed by atoms with Gasteiger partial charge in [0.25, 0.3) is 5.91 Å². The van der Waals surface area contributed by atoms with Gasteiger partial charge in [-0.25, -0.2) is 0 Å². The van der Waals surface area contributed by atoms with Gasteiger partial charge in [0.2, 0.25) is 5.91 Å². The lowest BCUT2D eigenvalue weighted by Gasteiger charge is -2.17. The number of aliphatic carboxylic acids is 1. The van der Waals surface area contributed by atoms with E-state index in [0.29, 0.717) is 37.9 Å². The van der Waals surface area contributed by atoms with E-state index in [2.05, 4.69) is 5.32 Å². The summed E-state index contributed by atoms with van der Waals surface area (Å²) in [5.74, 6) is -1.19. The fourth-order valence-corrected chi connectivity index (χ4v) is 3.49. The Labute approximate surface area is 163 Å². The van der Waals surface area contributed by atoms with Crippen molar-refractivity contribution in [2.24, 2.45) is 0 Å². The number of amides is 2. The van der Waals surface area contributed by atoms with Gasteiger partial charge in [-0.1, -0.05) is 30.3 Å². The number of carbonyl (C=O) groups is 3. The van der Waals surface area contributed by atoms with E-state index in [1.54, 1.807) is 11.8 Å². The van der Waals surface area contributed by atoms with Crippen LogP contribution in [0.3, 0.4) is 0 Å². The maximum atomic E-state index is 12.6. The molecule has 148 valence electrons. The number of carbonyl (C=O) groups excluding carboxylic acids is 2. The molecule has 2 aromatic rings. The molecule has 1 saturated heterocycles. The fraction of sp³-hybridized carbons (Fsp3) is 0.381. The van der Waals surface area contributed by atoms with Gasteiger partial charge in [-0.2, -0.15) is 0 Å². The average molecular weight is 384 g/mol. The molecular formula is C21H24N2O5. The highest BCUT2D eigenvalue weighted by atomic mass is 16.4. The third-order valence-electron chi connectivity index (χ3n) is 4.94. The number of furan rings is 1. The monoisotopic (exact) mass is 384 g/mol. The summed E-state index contributed by atoms with van der Waals surface area (Å²) in [4.78, 5) is 37.8. The predicted octanol–water partition coefficient (Wildman–Crippen LogP) is 2.18. The minimum atomic E-state index is -1.06. The third-order valence-corrected chi connectivity index (χ3v) is 4.94. The smallest absolute Gasteiger partial charge is 0.311 e. The van der Waals surface area contributed by atoms with Gasteiger partial charge in [-0.3, -0.25) is 14.4 Å². The zero-order valence-electron chi connectivity index (χ0n) is 15.8. The number of carboxylic acid groups (broad SMARTS) is 1. The molecule has 0 spiro atoms. The highest BCUT2D eigenvalue weighted by molar-refractivity contribution is 5.97. The lowest BCUT2D eigenvalue weighted by molar-refractivity contribution is -0.136. The normalized spacial score (nSPS) is 16.2. The molecule has 0 bridgehead atoms. The molecule has 28 heavy (non-hydrogen) atoms. The van der Waals surface area contributed by atoms with E-state index in [1.165, 1.54) is 6.26 Å². The molecule has 1 fully saturated rings. The Balaban J connectivity index is 1.53. The second-order valence-electron chi connectivity index (χ2n) is 7.07. The van der Waals surface area contributed by atoms with Crippen molar-refractivity contribution in [1.29, 1.82) is 0 Å². The van der Waals surface area contributed by atoms with Crippen molar-refractivity contribution < 1.29 is 23.9 Å². The number of nitrogens with zero attached hydrogens (tertiary/aromatic N) is 1. The molecule has 1 atom stereocenters. The number of aryl methyl sites for hydroxylation is 2. The van der Waals surface area contributed by atoms with Crippen LogP contribution in [-0.2, 0) is 22.4 Å². The van der Waals surface area contributed by atoms with E-state index < -0.39 is 5.97 Å². The maximum absolute atomic E-state index is 12.6. The van der Waals surface area contributed by atoms with Crippen molar-refractivity contribution >= 4 is 17.8 Å². The molecular weight excluding hydrogens is 360 g/mol. The molecule has 7 heteroatoms. The molecule has 2 amide bonds. The molecule has 1 aliphatic heterocycles. The standard InChI is InChI=1S/C21H24N2O5/c1-14-13-28-17(11-19(25)26)20(14)21(27)22-16-9-10-23(12-16)18(24)8-7-15-5-3-2-4-6-15/h2-6,13,16H,7-12H2,1H3,(H,22,27)(H,25,26). The minimum Gasteiger partial charge on any atom is -0.481 e. The summed E-state index contributed by atoms with van der Waals surface area (Å²) in [7, 11) is 0. The van der Waals surface area contributed by atoms with Gasteiger partial charge >= 0.3 is 5.97 Å². The highest BCUT2D eigenvalue weighted by Gasteiger charge is 2.29. The van der Waals surface area contributed by atoms with E-state index in [1.807, 2.05) is 30.3 Å². The van der Waals surface area contributed by atoms with E-state index >= 15 is 0 Å². The van der Waals surface area contributed by atoms with Crippen molar-refractivity contribution in [3.05, 3.63) is 59.0 Å². The van der Waals surface area contributed by atoms with Gasteiger partial charge in [-0.05, 0) is 25.3 Å². The summed E-state index contributed by atoms with van der Waals surface area (Å²) in [6.07, 6.45) is 2.86. The molecule has 0 saturated carbocycles. The zero-order chi connectivity index (χ0) is 20.1. The summed E-state index contributed by atoms with van der Waals surface area (Å²) < 4.78 is 5.22. The largest absolute Gasteiger partial charge is 0.481 e. The number of hydrogen-bond acceptors (Lipinski definition) is 4. The number of benzene rings is 1. The molecule has 3 rings (SSSR count). The Hall–Kier alpha value is -3.09. The fourth-order valence-electron chi connectivity index (χ4n) is 3.49. The number of hydrogen-bond donors (Lipinski definition) is 2. The highest BCUT2D eigenvalue weighted by Crippen LogP contribution is 2.19. The summed E-state index contributed by atoms with van der Waals surface area (Å²) in [6.45, 7) is 2.77. The summed E-state index contributed by atoms with van der Waals surface area (Å²) in [5.41, 5.74) is 2.00. The lowest BCUT2D eigenvalue weighted by Crippen LogP contribution is -2.39. The van der Waals surface area contributed by atoms with Crippen LogP contribution in [0, 0.1) is 6.92 Å². The van der Waals surface area contributed by atoms with Crippen LogP contribution in [0.1, 0.15) is 40.1 Å². The summed E-state index contributed by atoms with van der Waals surface area (Å²) >= 11 is 0. The van der Waals surface area contributed by atoms with Gasteiger partial charge in [0.1, 0.15) is 12.2 Å². The van der Waals surface area contributed by atoms with Crippen LogP contribution < -0.4 is 5.32 Å². The van der Waals surface area contributed by atoms with E-state index in [4.69, 9.17) is 9.52 Å². The van der Waals surface area contributed by atoms with Crippen LogP contribution in [0.4, 0.5) is 0 Å². The second-order valence-corrected chi connectivity index (χ2v) is 7.07. The maximum Gasteiger partial charge on any atom is 0.311 e. The number of nitrogens with one attached hydrogen (secondary N) is 1. The Morgan fingerprint density at radius 2 is 2.00 bits per heavy atom. The third kappa shape index (κ3) is 4.79. The first-order valence-electron chi connectivity index (χ1n) is 9.35. The quantitative estimate of drug-likeness (QED) is 0.762. The summed E-state index contributed by atoms with van der Waals surface area (Å²) in [6, 6.07) is 9.71. The number of rotatable bonds is 7. The molecule has 2 N–H and O–H groups in total. The van der Waals surface area contributed by atoms with Crippen LogP contribution in [0.5, 0.6) is 0 Å².